The zero-order chi connectivity index (χ0) is 22.3. The lowest BCUT2D eigenvalue weighted by Crippen LogP contribution is -2.49. The van der Waals surface area contributed by atoms with Crippen LogP contribution in [0.4, 0.5) is 0 Å². The van der Waals surface area contributed by atoms with Crippen LogP contribution in [0, 0.1) is 0 Å². The summed E-state index contributed by atoms with van der Waals surface area (Å²) in [5.41, 5.74) is 1.77. The third kappa shape index (κ3) is 7.38. The van der Waals surface area contributed by atoms with E-state index in [1.807, 2.05) is 38.1 Å². The number of nitrogens with zero attached hydrogens (tertiary/aromatic N) is 1. The van der Waals surface area contributed by atoms with Crippen LogP contribution in [0.15, 0.2) is 42.5 Å². The minimum Gasteiger partial charge on any atom is -0.352 e. The summed E-state index contributed by atoms with van der Waals surface area (Å²) in [6.07, 6.45) is 0. The highest BCUT2D eigenvalue weighted by Gasteiger charge is 2.26. The lowest BCUT2D eigenvalue weighted by Gasteiger charge is -2.29. The number of benzene rings is 2. The molecule has 0 unspecified atom stereocenters. The van der Waals surface area contributed by atoms with Gasteiger partial charge >= 0.3 is 0 Å². The van der Waals surface area contributed by atoms with Crippen molar-refractivity contribution >= 4 is 58.4 Å². The van der Waals surface area contributed by atoms with E-state index in [2.05, 4.69) is 5.32 Å². The van der Waals surface area contributed by atoms with Crippen molar-refractivity contribution in [1.29, 1.82) is 0 Å². The van der Waals surface area contributed by atoms with Crippen LogP contribution in [0.5, 0.6) is 0 Å². The molecule has 1 atom stereocenters. The highest BCUT2D eigenvalue weighted by atomic mass is 35.5. The van der Waals surface area contributed by atoms with E-state index in [0.717, 1.165) is 11.1 Å². The van der Waals surface area contributed by atoms with Crippen LogP contribution in [-0.4, -0.2) is 34.6 Å². The van der Waals surface area contributed by atoms with E-state index >= 15 is 0 Å². The molecule has 0 aliphatic heterocycles. The molecule has 0 radical (unpaired) electrons. The first-order valence-electron chi connectivity index (χ1n) is 9.54. The zero-order valence-electron chi connectivity index (χ0n) is 17.1. The normalized spacial score (nSPS) is 12.0. The van der Waals surface area contributed by atoms with Crippen molar-refractivity contribution in [2.45, 2.75) is 45.2 Å². The molecule has 0 fully saturated rings. The van der Waals surface area contributed by atoms with Gasteiger partial charge in [-0.2, -0.15) is 0 Å². The maximum atomic E-state index is 13.0. The lowest BCUT2D eigenvalue weighted by atomic mass is 10.1. The topological polar surface area (TPSA) is 49.4 Å². The average molecular weight is 488 g/mol. The molecule has 4 nitrogen and oxygen atoms in total. The number of carbonyl (C=O) groups excluding carboxylic acids is 2. The lowest BCUT2D eigenvalue weighted by molar-refractivity contribution is -0.138. The molecular weight excluding hydrogens is 463 g/mol. The second-order valence-corrected chi connectivity index (χ2v) is 9.40. The Balaban J connectivity index is 2.12. The molecule has 30 heavy (non-hydrogen) atoms. The summed E-state index contributed by atoms with van der Waals surface area (Å²) in [6, 6.07) is 12.1. The van der Waals surface area contributed by atoms with Crippen molar-refractivity contribution in [3.63, 3.8) is 0 Å². The van der Waals surface area contributed by atoms with E-state index in [1.54, 1.807) is 30.0 Å². The minimum atomic E-state index is -0.629. The fraction of sp³-hybridized carbons (Fsp3) is 0.364. The second-order valence-electron chi connectivity index (χ2n) is 7.19. The number of halogens is 3. The largest absolute Gasteiger partial charge is 0.352 e. The van der Waals surface area contributed by atoms with Gasteiger partial charge in [-0.1, -0.05) is 59.1 Å². The molecule has 0 saturated heterocycles. The number of carbonyl (C=O) groups is 2. The van der Waals surface area contributed by atoms with Gasteiger partial charge in [0.25, 0.3) is 0 Å². The van der Waals surface area contributed by atoms with Gasteiger partial charge in [0.05, 0.1) is 15.8 Å². The van der Waals surface area contributed by atoms with Gasteiger partial charge in [-0.3, -0.25) is 9.59 Å². The van der Waals surface area contributed by atoms with Crippen molar-refractivity contribution in [2.75, 3.05) is 5.75 Å². The summed E-state index contributed by atoms with van der Waals surface area (Å²) in [7, 11) is 0. The van der Waals surface area contributed by atoms with Crippen molar-refractivity contribution in [3.8, 4) is 0 Å². The van der Waals surface area contributed by atoms with E-state index in [4.69, 9.17) is 34.8 Å². The van der Waals surface area contributed by atoms with Crippen LogP contribution in [0.1, 0.15) is 31.9 Å². The van der Waals surface area contributed by atoms with Crippen molar-refractivity contribution in [2.24, 2.45) is 0 Å². The van der Waals surface area contributed by atoms with Gasteiger partial charge < -0.3 is 10.2 Å². The van der Waals surface area contributed by atoms with E-state index in [-0.39, 0.29) is 30.2 Å². The minimum absolute atomic E-state index is 0.0172. The van der Waals surface area contributed by atoms with Crippen molar-refractivity contribution in [1.82, 2.24) is 10.2 Å². The van der Waals surface area contributed by atoms with Crippen LogP contribution in [0.25, 0.3) is 0 Å². The van der Waals surface area contributed by atoms with E-state index in [9.17, 15) is 9.59 Å². The summed E-state index contributed by atoms with van der Waals surface area (Å²) in [4.78, 5) is 27.2. The maximum Gasteiger partial charge on any atom is 0.242 e. The third-order valence-electron chi connectivity index (χ3n) is 4.38. The van der Waals surface area contributed by atoms with Gasteiger partial charge in [-0.05, 0) is 50.1 Å². The Hall–Kier alpha value is -1.40. The maximum absolute atomic E-state index is 13.0. The second kappa shape index (κ2) is 11.8. The summed E-state index contributed by atoms with van der Waals surface area (Å²) in [5.74, 6) is 0.504. The molecule has 0 aliphatic rings. The fourth-order valence-corrected chi connectivity index (χ4v) is 4.29. The number of rotatable bonds is 9. The number of hydrogen-bond acceptors (Lipinski definition) is 3. The van der Waals surface area contributed by atoms with Crippen LogP contribution >= 0.6 is 46.6 Å². The van der Waals surface area contributed by atoms with E-state index in [1.165, 1.54) is 11.8 Å². The Labute approximate surface area is 197 Å². The Morgan fingerprint density at radius 2 is 1.70 bits per heavy atom. The first-order valence-corrected chi connectivity index (χ1v) is 11.8. The first kappa shape index (κ1) is 24.9. The van der Waals surface area contributed by atoms with Gasteiger partial charge in [-0.15, -0.1) is 11.8 Å². The molecular formula is C22H25Cl3N2O2S. The van der Waals surface area contributed by atoms with Crippen molar-refractivity contribution < 1.29 is 9.59 Å². The molecule has 162 valence electrons. The fourth-order valence-electron chi connectivity index (χ4n) is 2.77. The molecule has 0 aliphatic carbocycles. The van der Waals surface area contributed by atoms with Gasteiger partial charge in [0, 0.05) is 23.4 Å². The van der Waals surface area contributed by atoms with Crippen LogP contribution in [0.2, 0.25) is 15.1 Å². The molecule has 0 spiro atoms. The molecule has 0 saturated carbocycles. The van der Waals surface area contributed by atoms with Crippen LogP contribution in [0.3, 0.4) is 0 Å². The van der Waals surface area contributed by atoms with Crippen molar-refractivity contribution in [3.05, 3.63) is 68.7 Å². The number of nitrogens with one attached hydrogen (secondary N) is 1. The molecule has 1 N–H and O–H groups in total. The molecule has 8 heteroatoms. The monoisotopic (exact) mass is 486 g/mol. The molecule has 2 aromatic rings. The van der Waals surface area contributed by atoms with E-state index < -0.39 is 6.04 Å². The first-order chi connectivity index (χ1) is 14.2. The highest BCUT2D eigenvalue weighted by molar-refractivity contribution is 7.99. The Bertz CT molecular complexity index is 892. The standard InChI is InChI=1S/C22H25Cl3N2O2S/c1-14(2)26-22(29)15(3)27(11-16-8-9-19(24)20(25)10-16)21(28)13-30-12-17-6-4-5-7-18(17)23/h4-10,14-15H,11-13H2,1-3H3,(H,26,29)/t15-/m1/s1. The van der Waals surface area contributed by atoms with Gasteiger partial charge in [-0.25, -0.2) is 0 Å². The van der Waals surface area contributed by atoms with Crippen LogP contribution < -0.4 is 5.32 Å². The molecule has 0 aromatic heterocycles. The van der Waals surface area contributed by atoms with E-state index in [0.29, 0.717) is 20.8 Å². The van der Waals surface area contributed by atoms with Gasteiger partial charge in [0.1, 0.15) is 6.04 Å². The predicted molar refractivity (Wildman–Crippen MR) is 127 cm³/mol. The third-order valence-corrected chi connectivity index (χ3v) is 6.45. The summed E-state index contributed by atoms with van der Waals surface area (Å²) < 4.78 is 0. The number of thioether (sulfide) groups is 1. The predicted octanol–water partition coefficient (Wildman–Crippen LogP) is 5.82. The summed E-state index contributed by atoms with van der Waals surface area (Å²) in [6.45, 7) is 5.76. The zero-order valence-corrected chi connectivity index (χ0v) is 20.2. The Kier molecular flexibility index (Phi) is 9.82. The molecule has 0 bridgehead atoms. The number of amides is 2. The molecule has 0 heterocycles. The van der Waals surface area contributed by atoms with Gasteiger partial charge in [0.15, 0.2) is 0 Å². The SMILES string of the molecule is CC(C)NC(=O)[C@@H](C)N(Cc1ccc(Cl)c(Cl)c1)C(=O)CSCc1ccccc1Cl. The average Bonchev–Trinajstić information content (AvgIpc) is 2.69. The summed E-state index contributed by atoms with van der Waals surface area (Å²) >= 11 is 19.8. The Morgan fingerprint density at radius 1 is 1.00 bits per heavy atom. The number of hydrogen-bond donors (Lipinski definition) is 1. The Morgan fingerprint density at radius 3 is 2.33 bits per heavy atom. The molecule has 2 amide bonds. The smallest absolute Gasteiger partial charge is 0.242 e. The van der Waals surface area contributed by atoms with Crippen LogP contribution in [-0.2, 0) is 21.9 Å². The quantitative estimate of drug-likeness (QED) is 0.485. The highest BCUT2D eigenvalue weighted by Crippen LogP contribution is 2.25. The van der Waals surface area contributed by atoms with Gasteiger partial charge in [0.2, 0.25) is 11.8 Å². The summed E-state index contributed by atoms with van der Waals surface area (Å²) in [5, 5.41) is 4.40. The molecule has 2 aromatic carbocycles. The molecule has 2 rings (SSSR count).